The first-order valence-electron chi connectivity index (χ1n) is 11.0. The van der Waals surface area contributed by atoms with E-state index in [1.807, 2.05) is 12.1 Å². The highest BCUT2D eigenvalue weighted by Crippen LogP contribution is 2.31. The van der Waals surface area contributed by atoms with Crippen LogP contribution >= 0.6 is 11.6 Å². The maximum Gasteiger partial charge on any atom is 0.248 e. The maximum atomic E-state index is 13.5. The van der Waals surface area contributed by atoms with Crippen molar-refractivity contribution in [2.45, 2.75) is 25.7 Å². The van der Waals surface area contributed by atoms with Crippen molar-refractivity contribution < 1.29 is 13.9 Å². The fraction of sp³-hybridized carbons (Fsp3) is 0.320. The predicted molar refractivity (Wildman–Crippen MR) is 128 cm³/mol. The number of benzene rings is 2. The molecule has 8 heteroatoms. The molecule has 1 aliphatic heterocycles. The number of anilines is 1. The molecule has 0 radical (unpaired) electrons. The second-order valence-corrected chi connectivity index (χ2v) is 8.48. The molecule has 1 N–H and O–H groups in total. The van der Waals surface area contributed by atoms with E-state index in [0.29, 0.717) is 23.4 Å². The molecule has 2 aromatic carbocycles. The van der Waals surface area contributed by atoms with E-state index >= 15 is 0 Å². The van der Waals surface area contributed by atoms with Crippen LogP contribution in [0, 0.1) is 5.82 Å². The van der Waals surface area contributed by atoms with E-state index in [1.165, 1.54) is 31.7 Å². The number of amides is 1. The predicted octanol–water partition coefficient (Wildman–Crippen LogP) is 5.00. The van der Waals surface area contributed by atoms with E-state index in [2.05, 4.69) is 20.2 Å². The number of carbonyl (C=O) groups excluding carboxylic acids is 1. The van der Waals surface area contributed by atoms with E-state index < -0.39 is 5.82 Å². The minimum Gasteiger partial charge on any atom is -0.494 e. The highest BCUT2D eigenvalue weighted by molar-refractivity contribution is 6.30. The van der Waals surface area contributed by atoms with Crippen LogP contribution in [0.4, 0.5) is 10.1 Å². The van der Waals surface area contributed by atoms with Crippen molar-refractivity contribution in [3.63, 3.8) is 0 Å². The van der Waals surface area contributed by atoms with Gasteiger partial charge in [-0.25, -0.2) is 14.4 Å². The number of ether oxygens (including phenoxy) is 1. The zero-order valence-corrected chi connectivity index (χ0v) is 19.2. The SMILES string of the molecule is COc1cc2ncnc(Cc3ccc(F)c(Cl)c3)c2cc1NC(=O)/C=C/CN1CCCCC1. The summed E-state index contributed by atoms with van der Waals surface area (Å²) in [5, 5.41) is 3.74. The van der Waals surface area contributed by atoms with Gasteiger partial charge in [0.15, 0.2) is 0 Å². The number of hydrogen-bond donors (Lipinski definition) is 1. The molecule has 1 fully saturated rings. The van der Waals surface area contributed by atoms with Crippen LogP contribution in [-0.4, -0.2) is 47.5 Å². The Morgan fingerprint density at radius 1 is 1.21 bits per heavy atom. The third-order valence-electron chi connectivity index (χ3n) is 5.73. The number of fused-ring (bicyclic) bond motifs is 1. The molecule has 2 heterocycles. The summed E-state index contributed by atoms with van der Waals surface area (Å²) >= 11 is 5.93. The van der Waals surface area contributed by atoms with Crippen LogP contribution in [0.2, 0.25) is 5.02 Å². The number of carbonyl (C=O) groups is 1. The molecule has 4 rings (SSSR count). The molecule has 1 aliphatic rings. The van der Waals surface area contributed by atoms with Crippen molar-refractivity contribution in [2.75, 3.05) is 32.1 Å². The molecular formula is C25H26ClFN4O2. The van der Waals surface area contributed by atoms with Gasteiger partial charge in [0.2, 0.25) is 5.91 Å². The second kappa shape index (κ2) is 10.7. The Labute approximate surface area is 197 Å². The molecule has 0 unspecified atom stereocenters. The molecule has 0 spiro atoms. The van der Waals surface area contributed by atoms with E-state index in [1.54, 1.807) is 31.4 Å². The fourth-order valence-corrected chi connectivity index (χ4v) is 4.22. The molecular weight excluding hydrogens is 443 g/mol. The number of nitrogens with one attached hydrogen (secondary N) is 1. The summed E-state index contributed by atoms with van der Waals surface area (Å²) in [4.78, 5) is 23.6. The highest BCUT2D eigenvalue weighted by Gasteiger charge is 2.13. The van der Waals surface area contributed by atoms with Crippen LogP contribution in [-0.2, 0) is 11.2 Å². The van der Waals surface area contributed by atoms with Crippen LogP contribution in [0.15, 0.2) is 48.8 Å². The van der Waals surface area contributed by atoms with Gasteiger partial charge in [0, 0.05) is 30.5 Å². The van der Waals surface area contributed by atoms with Crippen molar-refractivity contribution in [1.82, 2.24) is 14.9 Å². The standard InChI is InChI=1S/C25H26ClFN4O2/c1-33-24-15-22-18(21(28-16-29-22)13-17-7-8-20(27)19(26)12-17)14-23(24)30-25(32)6-5-11-31-9-3-2-4-10-31/h5-8,12,14-16H,2-4,9-11,13H2,1H3,(H,30,32)/b6-5+. The molecule has 33 heavy (non-hydrogen) atoms. The number of likely N-dealkylation sites (tertiary alicyclic amines) is 1. The topological polar surface area (TPSA) is 67.4 Å². The molecule has 0 aliphatic carbocycles. The lowest BCUT2D eigenvalue weighted by molar-refractivity contribution is -0.111. The summed E-state index contributed by atoms with van der Waals surface area (Å²) in [6.07, 6.45) is 9.06. The Kier molecular flexibility index (Phi) is 7.52. The fourth-order valence-electron chi connectivity index (χ4n) is 4.01. The molecule has 0 saturated carbocycles. The smallest absolute Gasteiger partial charge is 0.248 e. The highest BCUT2D eigenvalue weighted by atomic mass is 35.5. The van der Waals surface area contributed by atoms with Gasteiger partial charge in [-0.05, 0) is 49.7 Å². The van der Waals surface area contributed by atoms with E-state index in [4.69, 9.17) is 16.3 Å². The van der Waals surface area contributed by atoms with Crippen molar-refractivity contribution in [3.05, 3.63) is 70.9 Å². The minimum atomic E-state index is -0.462. The van der Waals surface area contributed by atoms with Gasteiger partial charge in [0.25, 0.3) is 0 Å². The number of aromatic nitrogens is 2. The summed E-state index contributed by atoms with van der Waals surface area (Å²) in [6.45, 7) is 2.92. The van der Waals surface area contributed by atoms with Crippen LogP contribution in [0.25, 0.3) is 10.9 Å². The first-order valence-corrected chi connectivity index (χ1v) is 11.4. The monoisotopic (exact) mass is 468 g/mol. The zero-order chi connectivity index (χ0) is 23.2. The van der Waals surface area contributed by atoms with Gasteiger partial charge in [0.05, 0.1) is 29.0 Å². The van der Waals surface area contributed by atoms with Crippen LogP contribution in [0.5, 0.6) is 5.75 Å². The average molecular weight is 469 g/mol. The Bertz CT molecular complexity index is 1180. The van der Waals surface area contributed by atoms with Gasteiger partial charge in [-0.1, -0.05) is 30.2 Å². The Morgan fingerprint density at radius 2 is 2.03 bits per heavy atom. The zero-order valence-electron chi connectivity index (χ0n) is 18.5. The van der Waals surface area contributed by atoms with Crippen LogP contribution < -0.4 is 10.1 Å². The Balaban J connectivity index is 1.55. The third kappa shape index (κ3) is 5.86. The summed E-state index contributed by atoms with van der Waals surface area (Å²) < 4.78 is 19.0. The number of rotatable bonds is 7. The van der Waals surface area contributed by atoms with Gasteiger partial charge >= 0.3 is 0 Å². The van der Waals surface area contributed by atoms with Gasteiger partial charge in [-0.15, -0.1) is 0 Å². The third-order valence-corrected chi connectivity index (χ3v) is 6.02. The van der Waals surface area contributed by atoms with Gasteiger partial charge in [-0.3, -0.25) is 9.69 Å². The Morgan fingerprint density at radius 3 is 2.79 bits per heavy atom. The summed E-state index contributed by atoms with van der Waals surface area (Å²) in [6, 6.07) is 8.18. The van der Waals surface area contributed by atoms with Crippen molar-refractivity contribution in [2.24, 2.45) is 0 Å². The molecule has 0 atom stereocenters. The average Bonchev–Trinajstić information content (AvgIpc) is 2.82. The van der Waals surface area contributed by atoms with E-state index in [0.717, 1.165) is 36.3 Å². The molecule has 3 aromatic rings. The number of methoxy groups -OCH3 is 1. The normalized spacial score (nSPS) is 14.6. The lowest BCUT2D eigenvalue weighted by atomic mass is 10.0. The maximum absolute atomic E-state index is 13.5. The van der Waals surface area contributed by atoms with Crippen LogP contribution in [0.1, 0.15) is 30.5 Å². The first-order chi connectivity index (χ1) is 16.0. The van der Waals surface area contributed by atoms with Crippen LogP contribution in [0.3, 0.4) is 0 Å². The lowest BCUT2D eigenvalue weighted by Crippen LogP contribution is -2.29. The Hall–Kier alpha value is -3.03. The quantitative estimate of drug-likeness (QED) is 0.494. The van der Waals surface area contributed by atoms with Gasteiger partial charge in [-0.2, -0.15) is 0 Å². The molecule has 1 aromatic heterocycles. The second-order valence-electron chi connectivity index (χ2n) is 8.07. The largest absolute Gasteiger partial charge is 0.494 e. The summed E-state index contributed by atoms with van der Waals surface area (Å²) in [5.74, 6) is -0.181. The first kappa shape index (κ1) is 23.1. The number of halogens is 2. The summed E-state index contributed by atoms with van der Waals surface area (Å²) in [5.41, 5.74) is 2.78. The lowest BCUT2D eigenvalue weighted by Gasteiger charge is -2.24. The van der Waals surface area contributed by atoms with Gasteiger partial charge in [0.1, 0.15) is 17.9 Å². The molecule has 172 valence electrons. The van der Waals surface area contributed by atoms with Crippen molar-refractivity contribution in [3.8, 4) is 5.75 Å². The number of hydrogen-bond acceptors (Lipinski definition) is 5. The van der Waals surface area contributed by atoms with E-state index in [-0.39, 0.29) is 10.9 Å². The summed E-state index contributed by atoms with van der Waals surface area (Å²) in [7, 11) is 1.55. The van der Waals surface area contributed by atoms with Crippen molar-refractivity contribution >= 4 is 34.1 Å². The van der Waals surface area contributed by atoms with Gasteiger partial charge < -0.3 is 10.1 Å². The van der Waals surface area contributed by atoms with Crippen molar-refractivity contribution in [1.29, 1.82) is 0 Å². The molecule has 1 saturated heterocycles. The molecule has 6 nitrogen and oxygen atoms in total. The number of nitrogens with zero attached hydrogens (tertiary/aromatic N) is 3. The molecule has 1 amide bonds. The molecule has 0 bridgehead atoms. The van der Waals surface area contributed by atoms with E-state index in [9.17, 15) is 9.18 Å². The number of piperidine rings is 1. The minimum absolute atomic E-state index is 0.0665.